The maximum atomic E-state index is 10.7. The van der Waals surface area contributed by atoms with Gasteiger partial charge in [0.2, 0.25) is 0 Å². The average Bonchev–Trinajstić information content (AvgIpc) is 3.04. The van der Waals surface area contributed by atoms with E-state index in [-0.39, 0.29) is 5.75 Å². The number of hydrazone groups is 1. The Morgan fingerprint density at radius 3 is 2.96 bits per heavy atom. The number of anilines is 1. The molecule has 0 radical (unpaired) electrons. The number of thiazole rings is 1. The molecule has 2 heterocycles. The van der Waals surface area contributed by atoms with Gasteiger partial charge in [0.25, 0.3) is 10.1 Å². The minimum atomic E-state index is -3.88. The van der Waals surface area contributed by atoms with Crippen molar-refractivity contribution in [3.05, 3.63) is 29.3 Å². The highest BCUT2D eigenvalue weighted by atomic mass is 32.2. The van der Waals surface area contributed by atoms with E-state index in [2.05, 4.69) is 15.5 Å². The van der Waals surface area contributed by atoms with E-state index >= 15 is 0 Å². The predicted molar refractivity (Wildman–Crippen MR) is 89.3 cm³/mol. The molecular formula is C13H20N5O3S2+. The molecule has 2 aromatic heterocycles. The normalized spacial score (nSPS) is 12.1. The fourth-order valence-corrected chi connectivity index (χ4v) is 3.33. The third-order valence-electron chi connectivity index (χ3n) is 3.31. The molecule has 0 spiro atoms. The maximum Gasteiger partial charge on any atom is 0.359 e. The fraction of sp³-hybridized carbons (Fsp3) is 0.462. The van der Waals surface area contributed by atoms with Gasteiger partial charge in [0.05, 0.1) is 12.8 Å². The quantitative estimate of drug-likeness (QED) is 0.243. The molecule has 0 bridgehead atoms. The molecule has 0 saturated carbocycles. The number of aryl methyl sites for hydroxylation is 2. The van der Waals surface area contributed by atoms with Gasteiger partial charge in [0, 0.05) is 24.3 Å². The number of aromatic nitrogens is 3. The van der Waals surface area contributed by atoms with Crippen molar-refractivity contribution in [3.8, 4) is 0 Å². The molecule has 0 aliphatic heterocycles. The Hall–Kier alpha value is -1.78. The molecule has 0 aliphatic carbocycles. The first kappa shape index (κ1) is 17.6. The van der Waals surface area contributed by atoms with Gasteiger partial charge in [-0.3, -0.25) is 4.55 Å². The van der Waals surface area contributed by atoms with Crippen LogP contribution in [0.15, 0.2) is 22.9 Å². The van der Waals surface area contributed by atoms with E-state index in [0.29, 0.717) is 25.2 Å². The lowest BCUT2D eigenvalue weighted by molar-refractivity contribution is -0.659. The summed E-state index contributed by atoms with van der Waals surface area (Å²) in [5, 5.41) is 7.14. The lowest BCUT2D eigenvalue weighted by atomic mass is 10.3. The molecule has 0 aliphatic rings. The number of hydrogen-bond donors (Lipinski definition) is 2. The number of nitrogens with one attached hydrogen (secondary N) is 1. The van der Waals surface area contributed by atoms with Gasteiger partial charge in [-0.2, -0.15) is 8.42 Å². The highest BCUT2D eigenvalue weighted by Gasteiger charge is 2.10. The van der Waals surface area contributed by atoms with Crippen molar-refractivity contribution in [2.75, 3.05) is 11.2 Å². The van der Waals surface area contributed by atoms with E-state index < -0.39 is 10.1 Å². The van der Waals surface area contributed by atoms with Gasteiger partial charge in [-0.25, -0.2) is 9.55 Å². The Morgan fingerprint density at radius 2 is 2.30 bits per heavy atom. The molecule has 0 amide bonds. The summed E-state index contributed by atoms with van der Waals surface area (Å²) < 4.78 is 33.9. The van der Waals surface area contributed by atoms with Gasteiger partial charge < -0.3 is 4.57 Å². The van der Waals surface area contributed by atoms with E-state index in [1.54, 1.807) is 23.7 Å². The number of imidazole rings is 1. The number of nitrogens with zero attached hydrogens (tertiary/aromatic N) is 4. The first-order valence-corrected chi connectivity index (χ1v) is 9.55. The van der Waals surface area contributed by atoms with Crippen molar-refractivity contribution in [2.45, 2.75) is 26.3 Å². The van der Waals surface area contributed by atoms with Crippen molar-refractivity contribution in [2.24, 2.45) is 12.1 Å². The molecule has 0 aromatic carbocycles. The summed E-state index contributed by atoms with van der Waals surface area (Å²) in [5.41, 5.74) is 4.12. The van der Waals surface area contributed by atoms with Crippen LogP contribution in [0.4, 0.5) is 5.13 Å². The molecule has 10 heteroatoms. The molecule has 2 N–H and O–H groups in total. The first-order valence-electron chi connectivity index (χ1n) is 7.06. The van der Waals surface area contributed by atoms with Crippen LogP contribution in [0.1, 0.15) is 24.4 Å². The molecule has 0 atom stereocenters. The van der Waals surface area contributed by atoms with E-state index in [1.165, 1.54) is 0 Å². The van der Waals surface area contributed by atoms with E-state index in [0.717, 1.165) is 10.8 Å². The molecule has 8 nitrogen and oxygen atoms in total. The molecule has 126 valence electrons. The predicted octanol–water partition coefficient (Wildman–Crippen LogP) is 1.19. The van der Waals surface area contributed by atoms with Crippen LogP contribution in [0.5, 0.6) is 0 Å². The third-order valence-corrected chi connectivity index (χ3v) is 5.17. The fourth-order valence-electron chi connectivity index (χ4n) is 1.91. The minimum absolute atomic E-state index is 0.221. The van der Waals surface area contributed by atoms with Crippen LogP contribution < -0.4 is 9.99 Å². The lowest BCUT2D eigenvalue weighted by Crippen LogP contribution is -2.31. The summed E-state index contributed by atoms with van der Waals surface area (Å²) >= 11 is 1.57. The van der Waals surface area contributed by atoms with E-state index in [1.807, 2.05) is 34.7 Å². The summed E-state index contributed by atoms with van der Waals surface area (Å²) in [5.74, 6) is 0.459. The van der Waals surface area contributed by atoms with Gasteiger partial charge in [0.15, 0.2) is 5.82 Å². The SMILES string of the molecule is Cc1csc(N/N=C/c2nccn2CCCCS(=O)(=O)O)[n+]1C. The summed E-state index contributed by atoms with van der Waals surface area (Å²) in [6.45, 7) is 2.63. The second-order valence-electron chi connectivity index (χ2n) is 5.08. The summed E-state index contributed by atoms with van der Waals surface area (Å²) in [6, 6.07) is 0. The van der Waals surface area contributed by atoms with Gasteiger partial charge in [-0.1, -0.05) is 16.4 Å². The number of unbranched alkanes of at least 4 members (excludes halogenated alkanes) is 1. The number of rotatable bonds is 8. The Morgan fingerprint density at radius 1 is 1.52 bits per heavy atom. The van der Waals surface area contributed by atoms with Crippen LogP contribution in [0.25, 0.3) is 0 Å². The second kappa shape index (κ2) is 7.66. The van der Waals surface area contributed by atoms with Crippen molar-refractivity contribution in [1.82, 2.24) is 9.55 Å². The first-order chi connectivity index (χ1) is 10.9. The maximum absolute atomic E-state index is 10.7. The zero-order chi connectivity index (χ0) is 16.9. The zero-order valence-corrected chi connectivity index (χ0v) is 14.6. The van der Waals surface area contributed by atoms with Crippen LogP contribution in [0, 0.1) is 6.92 Å². The Bertz CT molecular complexity index is 779. The van der Waals surface area contributed by atoms with Gasteiger partial charge in [0.1, 0.15) is 11.9 Å². The smallest absolute Gasteiger partial charge is 0.330 e. The van der Waals surface area contributed by atoms with Crippen molar-refractivity contribution in [1.29, 1.82) is 0 Å². The monoisotopic (exact) mass is 358 g/mol. The molecule has 0 saturated heterocycles. The second-order valence-corrected chi connectivity index (χ2v) is 7.51. The largest absolute Gasteiger partial charge is 0.359 e. The van der Waals surface area contributed by atoms with Crippen LogP contribution in [-0.2, 0) is 23.7 Å². The zero-order valence-electron chi connectivity index (χ0n) is 13.0. The van der Waals surface area contributed by atoms with Crippen molar-refractivity contribution in [3.63, 3.8) is 0 Å². The highest BCUT2D eigenvalue weighted by Crippen LogP contribution is 2.11. The molecule has 0 fully saturated rings. The number of hydrogen-bond acceptors (Lipinski definition) is 6. The topological polar surface area (TPSA) is 100 Å². The lowest BCUT2D eigenvalue weighted by Gasteiger charge is -2.03. The van der Waals surface area contributed by atoms with Gasteiger partial charge in [-0.05, 0) is 19.8 Å². The average molecular weight is 358 g/mol. The summed E-state index contributed by atoms with van der Waals surface area (Å²) in [6.07, 6.45) is 6.13. The molecular weight excluding hydrogens is 338 g/mol. The van der Waals surface area contributed by atoms with Gasteiger partial charge in [-0.15, -0.1) is 5.43 Å². The van der Waals surface area contributed by atoms with Crippen LogP contribution >= 0.6 is 11.3 Å². The third kappa shape index (κ3) is 5.41. The van der Waals surface area contributed by atoms with Crippen LogP contribution in [0.2, 0.25) is 0 Å². The highest BCUT2D eigenvalue weighted by molar-refractivity contribution is 7.85. The molecule has 2 aromatic rings. The Balaban J connectivity index is 1.88. The summed E-state index contributed by atoms with van der Waals surface area (Å²) in [7, 11) is -1.93. The summed E-state index contributed by atoms with van der Waals surface area (Å²) in [4.78, 5) is 4.21. The van der Waals surface area contributed by atoms with Crippen LogP contribution in [-0.4, -0.2) is 34.5 Å². The van der Waals surface area contributed by atoms with Crippen molar-refractivity contribution >= 4 is 32.8 Å². The molecule has 0 unspecified atom stereocenters. The Labute approximate surface area is 139 Å². The van der Waals surface area contributed by atoms with E-state index in [4.69, 9.17) is 4.55 Å². The Kier molecular flexibility index (Phi) is 5.85. The van der Waals surface area contributed by atoms with Crippen LogP contribution in [0.3, 0.4) is 0 Å². The van der Waals surface area contributed by atoms with Crippen molar-refractivity contribution < 1.29 is 17.5 Å². The minimum Gasteiger partial charge on any atom is -0.330 e. The molecule has 2 rings (SSSR count). The van der Waals surface area contributed by atoms with E-state index in [9.17, 15) is 8.42 Å². The van der Waals surface area contributed by atoms with Gasteiger partial charge >= 0.3 is 5.13 Å². The standard InChI is InChI=1S/C13H19N5O3S2/c1-11-10-22-13(17(11)2)16-15-9-12-14-5-7-18(12)6-3-4-8-23(19,20)21/h5,7,9-10H,3-4,6,8H2,1-2H3,(H,19,20,21)/p+1/b15-9+. The molecule has 23 heavy (non-hydrogen) atoms.